The molecule has 0 radical (unpaired) electrons. The van der Waals surface area contributed by atoms with E-state index in [4.69, 9.17) is 0 Å². The van der Waals surface area contributed by atoms with Gasteiger partial charge in [0.1, 0.15) is 0 Å². The number of aliphatic hydroxyl groups is 1. The van der Waals surface area contributed by atoms with Gasteiger partial charge in [-0.15, -0.1) is 0 Å². The van der Waals surface area contributed by atoms with E-state index in [2.05, 4.69) is 52.8 Å². The summed E-state index contributed by atoms with van der Waals surface area (Å²) in [6.45, 7) is 11.6. The molecule has 0 saturated heterocycles. The average molecular weight is 286 g/mol. The summed E-state index contributed by atoms with van der Waals surface area (Å²) in [5, 5.41) is 10.8. The molecule has 1 aromatic rings. The van der Waals surface area contributed by atoms with E-state index in [1.807, 2.05) is 0 Å². The van der Waals surface area contributed by atoms with Crippen LogP contribution in [0.2, 0.25) is 0 Å². The van der Waals surface area contributed by atoms with E-state index in [0.717, 1.165) is 12.8 Å². The van der Waals surface area contributed by atoms with Crippen LogP contribution in [0.15, 0.2) is 18.2 Å². The fourth-order valence-corrected chi connectivity index (χ4v) is 5.09. The van der Waals surface area contributed by atoms with Crippen molar-refractivity contribution in [3.63, 3.8) is 0 Å². The van der Waals surface area contributed by atoms with Gasteiger partial charge in [0, 0.05) is 5.41 Å². The maximum atomic E-state index is 10.8. The van der Waals surface area contributed by atoms with Crippen LogP contribution in [-0.2, 0) is 11.8 Å². The van der Waals surface area contributed by atoms with Crippen molar-refractivity contribution in [3.8, 4) is 0 Å². The van der Waals surface area contributed by atoms with Gasteiger partial charge >= 0.3 is 0 Å². The monoisotopic (exact) mass is 286 g/mol. The highest BCUT2D eigenvalue weighted by Gasteiger charge is 2.54. The molecule has 2 aliphatic carbocycles. The molecule has 0 unspecified atom stereocenters. The molecule has 0 spiro atoms. The Hall–Kier alpha value is -0.820. The summed E-state index contributed by atoms with van der Waals surface area (Å²) in [6.07, 6.45) is 4.28. The molecule has 1 aromatic carbocycles. The zero-order valence-corrected chi connectivity index (χ0v) is 14.2. The number of benzene rings is 1. The highest BCUT2D eigenvalue weighted by Crippen LogP contribution is 2.57. The second-order valence-corrected chi connectivity index (χ2v) is 8.49. The first-order valence-electron chi connectivity index (χ1n) is 8.58. The fraction of sp³-hybridized carbons (Fsp3) is 0.700. The number of fused-ring (bicyclic) bond motifs is 3. The zero-order chi connectivity index (χ0) is 15.4. The Balaban J connectivity index is 2.11. The maximum Gasteiger partial charge on any atom is 0.0637 e. The largest absolute Gasteiger partial charge is 0.392 e. The van der Waals surface area contributed by atoms with Crippen molar-refractivity contribution >= 4 is 0 Å². The first-order chi connectivity index (χ1) is 9.76. The Morgan fingerprint density at radius 1 is 1.14 bits per heavy atom. The summed E-state index contributed by atoms with van der Waals surface area (Å²) in [7, 11) is 0. The lowest BCUT2D eigenvalue weighted by atomic mass is 9.49. The third kappa shape index (κ3) is 2.16. The molecular weight excluding hydrogens is 256 g/mol. The lowest BCUT2D eigenvalue weighted by Gasteiger charge is -2.56. The zero-order valence-electron chi connectivity index (χ0n) is 14.2. The third-order valence-electron chi connectivity index (χ3n) is 6.50. The molecule has 1 heteroatoms. The molecule has 0 heterocycles. The molecule has 0 amide bonds. The number of hydrogen-bond donors (Lipinski definition) is 1. The van der Waals surface area contributed by atoms with Gasteiger partial charge in [-0.05, 0) is 59.6 Å². The molecule has 3 atom stereocenters. The van der Waals surface area contributed by atoms with E-state index in [0.29, 0.717) is 17.3 Å². The minimum Gasteiger partial charge on any atom is -0.392 e. The molecule has 21 heavy (non-hydrogen) atoms. The lowest BCUT2D eigenvalue weighted by Crippen LogP contribution is -2.55. The number of aryl methyl sites for hydroxylation is 1. The Kier molecular flexibility index (Phi) is 3.48. The Morgan fingerprint density at radius 3 is 2.52 bits per heavy atom. The Morgan fingerprint density at radius 2 is 1.86 bits per heavy atom. The molecule has 1 fully saturated rings. The van der Waals surface area contributed by atoms with Gasteiger partial charge in [0.05, 0.1) is 6.10 Å². The van der Waals surface area contributed by atoms with Gasteiger partial charge in [-0.25, -0.2) is 0 Å². The van der Waals surface area contributed by atoms with Gasteiger partial charge < -0.3 is 5.11 Å². The van der Waals surface area contributed by atoms with Crippen LogP contribution in [0.3, 0.4) is 0 Å². The van der Waals surface area contributed by atoms with E-state index in [9.17, 15) is 5.11 Å². The van der Waals surface area contributed by atoms with E-state index in [-0.39, 0.29) is 11.5 Å². The molecule has 0 aliphatic heterocycles. The molecular formula is C20H30O. The first-order valence-corrected chi connectivity index (χ1v) is 8.58. The third-order valence-corrected chi connectivity index (χ3v) is 6.50. The van der Waals surface area contributed by atoms with Crippen molar-refractivity contribution in [2.45, 2.75) is 77.7 Å². The second kappa shape index (κ2) is 4.84. The summed E-state index contributed by atoms with van der Waals surface area (Å²) in [6, 6.07) is 7.00. The Bertz CT molecular complexity index is 543. The SMILES string of the molecule is CC(C)c1ccc2c(c1)CC[C@H]1C(C)(C)CC[C@@H](O)[C@]21C. The minimum absolute atomic E-state index is 0.0646. The van der Waals surface area contributed by atoms with E-state index in [1.54, 1.807) is 0 Å². The van der Waals surface area contributed by atoms with E-state index < -0.39 is 0 Å². The maximum absolute atomic E-state index is 10.8. The van der Waals surface area contributed by atoms with Crippen LogP contribution in [0.1, 0.15) is 76.5 Å². The van der Waals surface area contributed by atoms with Gasteiger partial charge in [0.2, 0.25) is 0 Å². The average Bonchev–Trinajstić information content (AvgIpc) is 2.43. The number of aliphatic hydroxyl groups excluding tert-OH is 1. The molecule has 0 bridgehead atoms. The minimum atomic E-state index is -0.195. The van der Waals surface area contributed by atoms with Crippen LogP contribution in [0.25, 0.3) is 0 Å². The van der Waals surface area contributed by atoms with Crippen molar-refractivity contribution in [1.29, 1.82) is 0 Å². The highest BCUT2D eigenvalue weighted by atomic mass is 16.3. The van der Waals surface area contributed by atoms with Gasteiger partial charge in [-0.3, -0.25) is 0 Å². The molecule has 1 nitrogen and oxygen atoms in total. The summed E-state index contributed by atoms with van der Waals surface area (Å²) >= 11 is 0. The first kappa shape index (κ1) is 15.1. The van der Waals surface area contributed by atoms with Gasteiger partial charge in [-0.1, -0.05) is 52.8 Å². The molecule has 116 valence electrons. The van der Waals surface area contributed by atoms with E-state index >= 15 is 0 Å². The van der Waals surface area contributed by atoms with Gasteiger partial charge in [0.25, 0.3) is 0 Å². The topological polar surface area (TPSA) is 20.2 Å². The van der Waals surface area contributed by atoms with Crippen LogP contribution in [-0.4, -0.2) is 11.2 Å². The lowest BCUT2D eigenvalue weighted by molar-refractivity contribution is -0.0591. The van der Waals surface area contributed by atoms with Crippen molar-refractivity contribution in [1.82, 2.24) is 0 Å². The predicted molar refractivity (Wildman–Crippen MR) is 88.7 cm³/mol. The van der Waals surface area contributed by atoms with Crippen molar-refractivity contribution in [2.24, 2.45) is 11.3 Å². The Labute approximate surface area is 129 Å². The second-order valence-electron chi connectivity index (χ2n) is 8.49. The van der Waals surface area contributed by atoms with Gasteiger partial charge in [0.15, 0.2) is 0 Å². The van der Waals surface area contributed by atoms with Crippen molar-refractivity contribution in [3.05, 3.63) is 34.9 Å². The van der Waals surface area contributed by atoms with Gasteiger partial charge in [-0.2, -0.15) is 0 Å². The molecule has 1 N–H and O–H groups in total. The summed E-state index contributed by atoms with van der Waals surface area (Å²) in [5.41, 5.74) is 4.60. The summed E-state index contributed by atoms with van der Waals surface area (Å²) in [4.78, 5) is 0. The van der Waals surface area contributed by atoms with E-state index in [1.165, 1.54) is 29.5 Å². The predicted octanol–water partition coefficient (Wildman–Crippen LogP) is 4.81. The fourth-order valence-electron chi connectivity index (χ4n) is 5.09. The van der Waals surface area contributed by atoms with Crippen LogP contribution < -0.4 is 0 Å². The molecule has 0 aromatic heterocycles. The quantitative estimate of drug-likeness (QED) is 0.785. The van der Waals surface area contributed by atoms with Crippen LogP contribution >= 0.6 is 0 Å². The standard InChI is InChI=1S/C20H30O/c1-13(2)14-6-8-16-15(12-14)7-9-17-19(3,4)11-10-18(21)20(16,17)5/h6,8,12-13,17-18,21H,7,9-11H2,1-5H3/t17-,18+,20+/m0/s1. The summed E-state index contributed by atoms with van der Waals surface area (Å²) < 4.78 is 0. The molecule has 1 saturated carbocycles. The van der Waals surface area contributed by atoms with Crippen molar-refractivity contribution < 1.29 is 5.11 Å². The highest BCUT2D eigenvalue weighted by molar-refractivity contribution is 5.43. The van der Waals surface area contributed by atoms with Crippen LogP contribution in [0, 0.1) is 11.3 Å². The molecule has 2 aliphatic rings. The smallest absolute Gasteiger partial charge is 0.0637 e. The van der Waals surface area contributed by atoms with Crippen LogP contribution in [0.4, 0.5) is 0 Å². The normalized spacial score (nSPS) is 34.4. The number of hydrogen-bond acceptors (Lipinski definition) is 1. The molecule has 3 rings (SSSR count). The van der Waals surface area contributed by atoms with Crippen molar-refractivity contribution in [2.75, 3.05) is 0 Å². The summed E-state index contributed by atoms with van der Waals surface area (Å²) in [5.74, 6) is 1.17. The van der Waals surface area contributed by atoms with Crippen LogP contribution in [0.5, 0.6) is 0 Å². The number of rotatable bonds is 1.